The van der Waals surface area contributed by atoms with Crippen molar-refractivity contribution in [3.05, 3.63) is 58.1 Å². The van der Waals surface area contributed by atoms with Crippen molar-refractivity contribution in [3.63, 3.8) is 0 Å². The maximum absolute atomic E-state index is 4.57. The molecule has 3 rings (SSSR count). The lowest BCUT2D eigenvalue weighted by atomic mass is 10.1. The molecule has 0 saturated carbocycles. The molecule has 0 aliphatic carbocycles. The molecule has 0 atom stereocenters. The Morgan fingerprint density at radius 1 is 1.17 bits per heavy atom. The largest absolute Gasteiger partial charge is 0.345 e. The van der Waals surface area contributed by atoms with Crippen LogP contribution in [-0.4, -0.2) is 15.0 Å². The van der Waals surface area contributed by atoms with Crippen molar-refractivity contribution < 1.29 is 0 Å². The zero-order chi connectivity index (χ0) is 12.5. The van der Waals surface area contributed by atoms with Crippen LogP contribution in [-0.2, 0) is 6.42 Å². The first-order valence-corrected chi connectivity index (χ1v) is 6.57. The number of aromatic amines is 1. The predicted octanol–water partition coefficient (Wildman–Crippen LogP) is 3.62. The molecule has 2 aromatic heterocycles. The van der Waals surface area contributed by atoms with Gasteiger partial charge in [-0.1, -0.05) is 30.3 Å². The molecule has 0 spiro atoms. The standard InChI is InChI=1S/C14H12BrN3/c1-9-17-12(7-10-5-3-2-4-6-10)13-11(15)8-16-14(13)18-9/h2-6,8H,7H2,1H3,(H,16,17,18). The number of halogens is 1. The Bertz CT molecular complexity index is 689. The van der Waals surface area contributed by atoms with Gasteiger partial charge < -0.3 is 4.98 Å². The topological polar surface area (TPSA) is 41.6 Å². The Morgan fingerprint density at radius 3 is 2.72 bits per heavy atom. The van der Waals surface area contributed by atoms with E-state index in [0.29, 0.717) is 0 Å². The van der Waals surface area contributed by atoms with Crippen LogP contribution in [0.4, 0.5) is 0 Å². The molecular weight excluding hydrogens is 290 g/mol. The minimum atomic E-state index is 0.794. The summed E-state index contributed by atoms with van der Waals surface area (Å²) < 4.78 is 1.02. The maximum atomic E-state index is 4.57. The van der Waals surface area contributed by atoms with Crippen molar-refractivity contribution in [1.82, 2.24) is 15.0 Å². The predicted molar refractivity (Wildman–Crippen MR) is 75.6 cm³/mol. The van der Waals surface area contributed by atoms with E-state index < -0.39 is 0 Å². The number of rotatable bonds is 2. The van der Waals surface area contributed by atoms with Gasteiger partial charge in [0.25, 0.3) is 0 Å². The second-order valence-corrected chi connectivity index (χ2v) is 5.09. The van der Waals surface area contributed by atoms with E-state index in [0.717, 1.165) is 33.4 Å². The molecule has 0 amide bonds. The van der Waals surface area contributed by atoms with Crippen LogP contribution < -0.4 is 0 Å². The fourth-order valence-corrected chi connectivity index (χ4v) is 2.64. The van der Waals surface area contributed by atoms with Crippen LogP contribution >= 0.6 is 15.9 Å². The number of H-pyrrole nitrogens is 1. The number of nitrogens with zero attached hydrogens (tertiary/aromatic N) is 2. The van der Waals surface area contributed by atoms with Gasteiger partial charge in [-0.3, -0.25) is 0 Å². The highest BCUT2D eigenvalue weighted by Crippen LogP contribution is 2.26. The number of nitrogens with one attached hydrogen (secondary N) is 1. The van der Waals surface area contributed by atoms with Crippen molar-refractivity contribution in [2.75, 3.05) is 0 Å². The van der Waals surface area contributed by atoms with Crippen LogP contribution in [0.5, 0.6) is 0 Å². The van der Waals surface area contributed by atoms with Crippen molar-refractivity contribution in [2.45, 2.75) is 13.3 Å². The average molecular weight is 302 g/mol. The first-order valence-electron chi connectivity index (χ1n) is 5.78. The third-order valence-electron chi connectivity index (χ3n) is 2.88. The lowest BCUT2D eigenvalue weighted by Crippen LogP contribution is -1.98. The summed E-state index contributed by atoms with van der Waals surface area (Å²) >= 11 is 3.54. The van der Waals surface area contributed by atoms with Gasteiger partial charge in [0.2, 0.25) is 0 Å². The summed E-state index contributed by atoms with van der Waals surface area (Å²) in [6.07, 6.45) is 2.73. The molecule has 0 saturated heterocycles. The minimum absolute atomic E-state index is 0.794. The van der Waals surface area contributed by atoms with Crippen LogP contribution in [0.3, 0.4) is 0 Å². The third kappa shape index (κ3) is 2.04. The number of benzene rings is 1. The maximum Gasteiger partial charge on any atom is 0.142 e. The van der Waals surface area contributed by atoms with E-state index in [4.69, 9.17) is 0 Å². The summed E-state index contributed by atoms with van der Waals surface area (Å²) in [7, 11) is 0. The van der Waals surface area contributed by atoms with Crippen molar-refractivity contribution in [2.24, 2.45) is 0 Å². The van der Waals surface area contributed by atoms with E-state index >= 15 is 0 Å². The van der Waals surface area contributed by atoms with Gasteiger partial charge in [-0.2, -0.15) is 0 Å². The summed E-state index contributed by atoms with van der Waals surface area (Å²) in [5, 5.41) is 1.07. The normalized spacial score (nSPS) is 11.0. The van der Waals surface area contributed by atoms with Gasteiger partial charge in [-0.05, 0) is 28.4 Å². The second kappa shape index (κ2) is 4.53. The Kier molecular flexibility index (Phi) is 2.88. The highest BCUT2D eigenvalue weighted by molar-refractivity contribution is 9.10. The lowest BCUT2D eigenvalue weighted by molar-refractivity contribution is 0.998. The Balaban J connectivity index is 2.13. The van der Waals surface area contributed by atoms with E-state index in [9.17, 15) is 0 Å². The minimum Gasteiger partial charge on any atom is -0.345 e. The van der Waals surface area contributed by atoms with Gasteiger partial charge in [-0.15, -0.1) is 0 Å². The van der Waals surface area contributed by atoms with Crippen LogP contribution in [0.15, 0.2) is 41.0 Å². The molecule has 3 aromatic rings. The van der Waals surface area contributed by atoms with Crippen LogP contribution in [0.2, 0.25) is 0 Å². The molecule has 0 radical (unpaired) electrons. The second-order valence-electron chi connectivity index (χ2n) is 4.24. The fourth-order valence-electron chi connectivity index (χ4n) is 2.11. The van der Waals surface area contributed by atoms with E-state index in [-0.39, 0.29) is 0 Å². The fraction of sp³-hybridized carbons (Fsp3) is 0.143. The van der Waals surface area contributed by atoms with Crippen molar-refractivity contribution >= 4 is 27.0 Å². The number of hydrogen-bond donors (Lipinski definition) is 1. The molecule has 0 bridgehead atoms. The highest BCUT2D eigenvalue weighted by Gasteiger charge is 2.11. The molecule has 0 aliphatic rings. The molecule has 2 heterocycles. The number of hydrogen-bond acceptors (Lipinski definition) is 2. The van der Waals surface area contributed by atoms with Crippen LogP contribution in [0.25, 0.3) is 11.0 Å². The molecule has 1 aromatic carbocycles. The molecular formula is C14H12BrN3. The molecule has 1 N–H and O–H groups in total. The molecule has 0 unspecified atom stereocenters. The molecule has 0 aliphatic heterocycles. The summed E-state index contributed by atoms with van der Waals surface area (Å²) in [5.41, 5.74) is 3.20. The Hall–Kier alpha value is -1.68. The first-order chi connectivity index (χ1) is 8.74. The van der Waals surface area contributed by atoms with E-state index in [1.165, 1.54) is 5.56 Å². The summed E-state index contributed by atoms with van der Waals surface area (Å²) in [4.78, 5) is 12.1. The molecule has 90 valence electrons. The van der Waals surface area contributed by atoms with E-state index in [1.54, 1.807) is 0 Å². The number of aromatic nitrogens is 3. The monoisotopic (exact) mass is 301 g/mol. The first kappa shape index (κ1) is 11.4. The van der Waals surface area contributed by atoms with Crippen LogP contribution in [0, 0.1) is 6.92 Å². The van der Waals surface area contributed by atoms with Gasteiger partial charge >= 0.3 is 0 Å². The molecule has 4 heteroatoms. The third-order valence-corrected chi connectivity index (χ3v) is 3.51. The number of aryl methyl sites for hydroxylation is 1. The highest BCUT2D eigenvalue weighted by atomic mass is 79.9. The van der Waals surface area contributed by atoms with Crippen LogP contribution in [0.1, 0.15) is 17.1 Å². The average Bonchev–Trinajstić information content (AvgIpc) is 2.72. The molecule has 3 nitrogen and oxygen atoms in total. The number of fused-ring (bicyclic) bond motifs is 1. The van der Waals surface area contributed by atoms with Gasteiger partial charge in [-0.25, -0.2) is 9.97 Å². The van der Waals surface area contributed by atoms with Gasteiger partial charge in [0.1, 0.15) is 11.5 Å². The molecule has 0 fully saturated rings. The van der Waals surface area contributed by atoms with Crippen molar-refractivity contribution in [1.29, 1.82) is 0 Å². The summed E-state index contributed by atoms with van der Waals surface area (Å²) in [5.74, 6) is 0.794. The SMILES string of the molecule is Cc1nc(Cc2ccccc2)c2c(Br)c[nH]c2n1. The van der Waals surface area contributed by atoms with E-state index in [1.807, 2.05) is 31.3 Å². The van der Waals surface area contributed by atoms with E-state index in [2.05, 4.69) is 43.0 Å². The van der Waals surface area contributed by atoms with Gasteiger partial charge in [0.05, 0.1) is 11.1 Å². The lowest BCUT2D eigenvalue weighted by Gasteiger charge is -2.04. The Morgan fingerprint density at radius 2 is 1.94 bits per heavy atom. The van der Waals surface area contributed by atoms with Gasteiger partial charge in [0.15, 0.2) is 0 Å². The quantitative estimate of drug-likeness (QED) is 0.785. The summed E-state index contributed by atoms with van der Waals surface area (Å²) in [6, 6.07) is 10.4. The van der Waals surface area contributed by atoms with Crippen molar-refractivity contribution in [3.8, 4) is 0 Å². The van der Waals surface area contributed by atoms with Gasteiger partial charge in [0, 0.05) is 17.1 Å². The summed E-state index contributed by atoms with van der Waals surface area (Å²) in [6.45, 7) is 1.92. The smallest absolute Gasteiger partial charge is 0.142 e. The zero-order valence-corrected chi connectivity index (χ0v) is 11.5. The molecule has 18 heavy (non-hydrogen) atoms. The Labute approximate surface area is 113 Å². The zero-order valence-electron chi connectivity index (χ0n) is 9.94.